The summed E-state index contributed by atoms with van der Waals surface area (Å²) in [5.74, 6) is 0. The molecule has 1 aromatic heterocycles. The number of aliphatic hydroxyl groups excluding tert-OH is 1. The number of hydrogen-bond acceptors (Lipinski definition) is 3. The minimum atomic E-state index is -0.378. The highest BCUT2D eigenvalue weighted by Crippen LogP contribution is 1.91. The van der Waals surface area contributed by atoms with Crippen molar-refractivity contribution in [3.8, 4) is 0 Å². The lowest BCUT2D eigenvalue weighted by molar-refractivity contribution is 0.177. The third-order valence-electron chi connectivity index (χ3n) is 1.57. The first-order valence-electron chi connectivity index (χ1n) is 3.89. The Morgan fingerprint density at radius 1 is 1.75 bits per heavy atom. The van der Waals surface area contributed by atoms with Gasteiger partial charge in [0.25, 0.3) is 0 Å². The molecule has 0 radical (unpaired) electrons. The molecule has 0 amide bonds. The maximum Gasteiger partial charge on any atom is 0.347 e. The maximum atomic E-state index is 11.0. The van der Waals surface area contributed by atoms with Crippen molar-refractivity contribution in [1.82, 2.24) is 9.55 Å². The van der Waals surface area contributed by atoms with Gasteiger partial charge in [0.1, 0.15) is 0 Å². The summed E-state index contributed by atoms with van der Waals surface area (Å²) < 4.78 is 1.48. The van der Waals surface area contributed by atoms with E-state index >= 15 is 0 Å². The molecule has 1 N–H and O–H groups in total. The van der Waals surface area contributed by atoms with Crippen molar-refractivity contribution in [2.24, 2.45) is 0 Å². The van der Waals surface area contributed by atoms with Gasteiger partial charge in [0.05, 0.1) is 6.10 Å². The van der Waals surface area contributed by atoms with Gasteiger partial charge in [-0.3, -0.25) is 4.57 Å². The normalized spacial score (nSPS) is 12.8. The van der Waals surface area contributed by atoms with Crippen LogP contribution >= 0.6 is 0 Å². The number of hydrogen-bond donors (Lipinski definition) is 1. The lowest BCUT2D eigenvalue weighted by Gasteiger charge is -2.05. The molecule has 4 nitrogen and oxygen atoms in total. The second kappa shape index (κ2) is 4.01. The zero-order valence-electron chi connectivity index (χ0n) is 6.97. The molecular weight excluding hydrogens is 156 g/mol. The SMILES string of the molecule is CC(O)CCn1cccnc1=O. The Kier molecular flexibility index (Phi) is 2.99. The Labute approximate surface area is 70.5 Å². The van der Waals surface area contributed by atoms with Gasteiger partial charge in [0.2, 0.25) is 0 Å². The fourth-order valence-corrected chi connectivity index (χ4v) is 0.883. The fourth-order valence-electron chi connectivity index (χ4n) is 0.883. The molecule has 0 aliphatic heterocycles. The zero-order chi connectivity index (χ0) is 8.97. The van der Waals surface area contributed by atoms with E-state index in [0.717, 1.165) is 0 Å². The minimum absolute atomic E-state index is 0.266. The summed E-state index contributed by atoms with van der Waals surface area (Å²) in [5.41, 5.74) is -0.266. The molecule has 1 unspecified atom stereocenters. The summed E-state index contributed by atoms with van der Waals surface area (Å²) in [6, 6.07) is 1.70. The van der Waals surface area contributed by atoms with E-state index in [-0.39, 0.29) is 11.8 Å². The third kappa shape index (κ3) is 2.47. The van der Waals surface area contributed by atoms with Gasteiger partial charge in [-0.1, -0.05) is 0 Å². The van der Waals surface area contributed by atoms with Crippen molar-refractivity contribution in [2.45, 2.75) is 26.0 Å². The maximum absolute atomic E-state index is 11.0. The highest BCUT2D eigenvalue weighted by Gasteiger charge is 1.97. The predicted octanol–water partition coefficient (Wildman–Crippen LogP) is 0.0142. The Bertz CT molecular complexity index is 293. The second-order valence-corrected chi connectivity index (χ2v) is 2.73. The molecule has 1 atom stereocenters. The fraction of sp³-hybridized carbons (Fsp3) is 0.500. The molecule has 1 rings (SSSR count). The van der Waals surface area contributed by atoms with Gasteiger partial charge >= 0.3 is 5.69 Å². The van der Waals surface area contributed by atoms with Crippen LogP contribution in [0, 0.1) is 0 Å². The summed E-state index contributed by atoms with van der Waals surface area (Å²) in [6.07, 6.45) is 3.32. The van der Waals surface area contributed by atoms with Crippen LogP contribution < -0.4 is 5.69 Å². The lowest BCUT2D eigenvalue weighted by atomic mass is 10.3. The van der Waals surface area contributed by atoms with Gasteiger partial charge in [-0.25, -0.2) is 9.78 Å². The van der Waals surface area contributed by atoms with Crippen molar-refractivity contribution in [1.29, 1.82) is 0 Å². The highest BCUT2D eigenvalue weighted by molar-refractivity contribution is 4.80. The van der Waals surface area contributed by atoms with Gasteiger partial charge in [0.15, 0.2) is 0 Å². The Morgan fingerprint density at radius 2 is 2.50 bits per heavy atom. The average Bonchev–Trinajstić information content (AvgIpc) is 2.03. The smallest absolute Gasteiger partial charge is 0.347 e. The van der Waals surface area contributed by atoms with Crippen LogP contribution in [0.15, 0.2) is 23.3 Å². The van der Waals surface area contributed by atoms with Gasteiger partial charge in [-0.15, -0.1) is 0 Å². The molecule has 0 saturated carbocycles. The molecule has 12 heavy (non-hydrogen) atoms. The van der Waals surface area contributed by atoms with Crippen LogP contribution in [0.1, 0.15) is 13.3 Å². The van der Waals surface area contributed by atoms with E-state index in [9.17, 15) is 4.79 Å². The molecule has 0 aromatic carbocycles. The van der Waals surface area contributed by atoms with Crippen LogP contribution in [0.2, 0.25) is 0 Å². The minimum Gasteiger partial charge on any atom is -0.393 e. The van der Waals surface area contributed by atoms with Crippen molar-refractivity contribution in [3.05, 3.63) is 28.9 Å². The summed E-state index contributed by atoms with van der Waals surface area (Å²) in [6.45, 7) is 2.21. The number of aryl methyl sites for hydroxylation is 1. The van der Waals surface area contributed by atoms with Crippen LogP contribution in [0.4, 0.5) is 0 Å². The second-order valence-electron chi connectivity index (χ2n) is 2.73. The van der Waals surface area contributed by atoms with Crippen LogP contribution in [0.5, 0.6) is 0 Å². The number of aliphatic hydroxyl groups is 1. The number of nitrogens with zero attached hydrogens (tertiary/aromatic N) is 2. The molecule has 1 heterocycles. The van der Waals surface area contributed by atoms with E-state index < -0.39 is 0 Å². The van der Waals surface area contributed by atoms with Gasteiger partial charge < -0.3 is 5.11 Å². The van der Waals surface area contributed by atoms with Crippen molar-refractivity contribution < 1.29 is 5.11 Å². The first-order valence-corrected chi connectivity index (χ1v) is 3.89. The predicted molar refractivity (Wildman–Crippen MR) is 44.8 cm³/mol. The summed E-state index contributed by atoms with van der Waals surface area (Å²) in [5, 5.41) is 8.97. The standard InChI is InChI=1S/C8H12N2O2/c1-7(11)3-6-10-5-2-4-9-8(10)12/h2,4-5,7,11H,3,6H2,1H3. The molecule has 4 heteroatoms. The Morgan fingerprint density at radius 3 is 3.08 bits per heavy atom. The van der Waals surface area contributed by atoms with E-state index in [1.54, 1.807) is 19.2 Å². The van der Waals surface area contributed by atoms with Crippen LogP contribution in [-0.4, -0.2) is 20.8 Å². The van der Waals surface area contributed by atoms with E-state index in [1.807, 2.05) is 0 Å². The molecule has 0 spiro atoms. The quantitative estimate of drug-likeness (QED) is 0.692. The first kappa shape index (κ1) is 8.93. The number of aromatic nitrogens is 2. The van der Waals surface area contributed by atoms with E-state index in [2.05, 4.69) is 4.98 Å². The lowest BCUT2D eigenvalue weighted by Crippen LogP contribution is -2.22. The Hall–Kier alpha value is -1.16. The summed E-state index contributed by atoms with van der Waals surface area (Å²) in [4.78, 5) is 14.6. The highest BCUT2D eigenvalue weighted by atomic mass is 16.3. The van der Waals surface area contributed by atoms with Crippen LogP contribution in [0.3, 0.4) is 0 Å². The molecule has 66 valence electrons. The zero-order valence-corrected chi connectivity index (χ0v) is 6.97. The molecule has 0 aliphatic rings. The van der Waals surface area contributed by atoms with Gasteiger partial charge in [-0.2, -0.15) is 0 Å². The molecule has 0 aliphatic carbocycles. The molecule has 0 fully saturated rings. The first-order chi connectivity index (χ1) is 5.70. The van der Waals surface area contributed by atoms with Crippen molar-refractivity contribution in [2.75, 3.05) is 0 Å². The van der Waals surface area contributed by atoms with Gasteiger partial charge in [0, 0.05) is 18.9 Å². The van der Waals surface area contributed by atoms with Crippen molar-refractivity contribution in [3.63, 3.8) is 0 Å². The van der Waals surface area contributed by atoms with Gasteiger partial charge in [-0.05, 0) is 19.4 Å². The molecular formula is C8H12N2O2. The monoisotopic (exact) mass is 168 g/mol. The van der Waals surface area contributed by atoms with E-state index in [0.29, 0.717) is 13.0 Å². The van der Waals surface area contributed by atoms with Crippen molar-refractivity contribution >= 4 is 0 Å². The van der Waals surface area contributed by atoms with E-state index in [1.165, 1.54) is 10.8 Å². The summed E-state index contributed by atoms with van der Waals surface area (Å²) in [7, 11) is 0. The summed E-state index contributed by atoms with van der Waals surface area (Å²) >= 11 is 0. The number of rotatable bonds is 3. The molecule has 0 bridgehead atoms. The van der Waals surface area contributed by atoms with Crippen LogP contribution in [0.25, 0.3) is 0 Å². The molecule has 1 aromatic rings. The van der Waals surface area contributed by atoms with Crippen LogP contribution in [-0.2, 0) is 6.54 Å². The largest absolute Gasteiger partial charge is 0.393 e. The molecule has 0 saturated heterocycles. The Balaban J connectivity index is 2.64. The van der Waals surface area contributed by atoms with E-state index in [4.69, 9.17) is 5.11 Å². The third-order valence-corrected chi connectivity index (χ3v) is 1.57. The topological polar surface area (TPSA) is 55.1 Å². The average molecular weight is 168 g/mol.